The maximum absolute atomic E-state index is 11.9. The number of rotatable bonds is 6. The van der Waals surface area contributed by atoms with Gasteiger partial charge < -0.3 is 14.6 Å². The molecule has 0 aromatic heterocycles. The molecule has 0 spiro atoms. The zero-order valence-corrected chi connectivity index (χ0v) is 11.2. The highest BCUT2D eigenvalue weighted by atomic mass is 16.6. The van der Waals surface area contributed by atoms with Crippen LogP contribution in [0.25, 0.3) is 5.57 Å². The van der Waals surface area contributed by atoms with Crippen LogP contribution < -0.4 is 0 Å². The fraction of sp³-hybridized carbons (Fsp3) is 0.333. The summed E-state index contributed by atoms with van der Waals surface area (Å²) in [6.45, 7) is 2.14. The molecule has 0 aliphatic carbocycles. The van der Waals surface area contributed by atoms with Crippen LogP contribution in [-0.2, 0) is 19.1 Å². The van der Waals surface area contributed by atoms with Crippen LogP contribution >= 0.6 is 0 Å². The van der Waals surface area contributed by atoms with Crippen LogP contribution in [0.3, 0.4) is 0 Å². The van der Waals surface area contributed by atoms with E-state index < -0.39 is 18.0 Å². The molecule has 5 nitrogen and oxygen atoms in total. The van der Waals surface area contributed by atoms with Gasteiger partial charge in [0.05, 0.1) is 6.61 Å². The highest BCUT2D eigenvalue weighted by molar-refractivity contribution is 6.01. The van der Waals surface area contributed by atoms with Crippen LogP contribution in [0.4, 0.5) is 0 Å². The molecule has 1 aliphatic rings. The van der Waals surface area contributed by atoms with Crippen molar-refractivity contribution in [2.75, 3.05) is 6.61 Å². The number of aliphatic carboxylic acids is 1. The predicted molar refractivity (Wildman–Crippen MR) is 71.7 cm³/mol. The third-order valence-electron chi connectivity index (χ3n) is 3.00. The Labute approximate surface area is 116 Å². The molecular weight excluding hydrogens is 260 g/mol. The van der Waals surface area contributed by atoms with Crippen LogP contribution in [-0.4, -0.2) is 29.8 Å². The van der Waals surface area contributed by atoms with Crippen LogP contribution in [0, 0.1) is 0 Å². The number of hydrogen-bond acceptors (Lipinski definition) is 4. The molecule has 0 bridgehead atoms. The van der Waals surface area contributed by atoms with Crippen molar-refractivity contribution in [1.82, 2.24) is 0 Å². The number of benzene rings is 1. The fourth-order valence-electron chi connectivity index (χ4n) is 2.17. The molecule has 0 radical (unpaired) electrons. The first-order valence-corrected chi connectivity index (χ1v) is 6.48. The minimum Gasteiger partial charge on any atom is -0.487 e. The Balaban J connectivity index is 2.34. The van der Waals surface area contributed by atoms with E-state index in [2.05, 4.69) is 0 Å². The molecule has 1 N–H and O–H groups in total. The molecule has 1 atom stereocenters. The number of carboxylic acids is 1. The van der Waals surface area contributed by atoms with Gasteiger partial charge in [-0.3, -0.25) is 4.79 Å². The average molecular weight is 276 g/mol. The Morgan fingerprint density at radius 3 is 2.65 bits per heavy atom. The van der Waals surface area contributed by atoms with E-state index >= 15 is 0 Å². The second kappa shape index (κ2) is 6.23. The van der Waals surface area contributed by atoms with Crippen LogP contribution in [0.5, 0.6) is 0 Å². The lowest BCUT2D eigenvalue weighted by Gasteiger charge is -2.13. The van der Waals surface area contributed by atoms with Crippen LogP contribution in [0.1, 0.15) is 25.3 Å². The molecule has 20 heavy (non-hydrogen) atoms. The minimum absolute atomic E-state index is 0.0618. The molecule has 0 saturated heterocycles. The number of hydrogen-bond donors (Lipinski definition) is 1. The number of carboxylic acid groups (broad SMARTS) is 1. The number of cyclic esters (lactones) is 1. The summed E-state index contributed by atoms with van der Waals surface area (Å²) >= 11 is 0. The van der Waals surface area contributed by atoms with Gasteiger partial charge in [0, 0.05) is 12.0 Å². The quantitative estimate of drug-likeness (QED) is 0.806. The van der Waals surface area contributed by atoms with Gasteiger partial charge in [-0.05, 0) is 18.9 Å². The van der Waals surface area contributed by atoms with Crippen molar-refractivity contribution in [3.8, 4) is 0 Å². The molecule has 0 saturated carbocycles. The molecule has 0 fully saturated rings. The summed E-state index contributed by atoms with van der Waals surface area (Å²) < 4.78 is 10.6. The van der Waals surface area contributed by atoms with E-state index in [0.717, 1.165) is 5.56 Å². The van der Waals surface area contributed by atoms with Crippen molar-refractivity contribution >= 4 is 17.5 Å². The molecule has 1 aromatic carbocycles. The van der Waals surface area contributed by atoms with Gasteiger partial charge in [-0.1, -0.05) is 30.3 Å². The topological polar surface area (TPSA) is 72.8 Å². The van der Waals surface area contributed by atoms with Gasteiger partial charge in [-0.25, -0.2) is 4.79 Å². The standard InChI is InChI=1S/C15H16O5/c1-2-19-14-13(10-6-4-3-5-7-10)11(20-15(14)18)8-9-12(16)17/h3-7,11H,2,8-9H2,1H3,(H,16,17). The van der Waals surface area contributed by atoms with Gasteiger partial charge in [-0.15, -0.1) is 0 Å². The van der Waals surface area contributed by atoms with Crippen molar-refractivity contribution in [1.29, 1.82) is 0 Å². The predicted octanol–water partition coefficient (Wildman–Crippen LogP) is 2.22. The summed E-state index contributed by atoms with van der Waals surface area (Å²) in [6, 6.07) is 9.27. The van der Waals surface area contributed by atoms with Gasteiger partial charge >= 0.3 is 11.9 Å². The maximum atomic E-state index is 11.9. The first-order chi connectivity index (χ1) is 9.63. The molecule has 1 heterocycles. The monoisotopic (exact) mass is 276 g/mol. The first-order valence-electron chi connectivity index (χ1n) is 6.48. The van der Waals surface area contributed by atoms with E-state index in [1.54, 1.807) is 6.92 Å². The number of carbonyl (C=O) groups is 2. The lowest BCUT2D eigenvalue weighted by Crippen LogP contribution is -2.13. The van der Waals surface area contributed by atoms with Gasteiger partial charge in [0.1, 0.15) is 6.10 Å². The third kappa shape index (κ3) is 2.99. The van der Waals surface area contributed by atoms with Crippen molar-refractivity contribution in [2.24, 2.45) is 0 Å². The lowest BCUT2D eigenvalue weighted by molar-refractivity contribution is -0.145. The van der Waals surface area contributed by atoms with E-state index in [1.165, 1.54) is 0 Å². The van der Waals surface area contributed by atoms with Crippen molar-refractivity contribution in [3.05, 3.63) is 41.7 Å². The Morgan fingerprint density at radius 2 is 2.05 bits per heavy atom. The largest absolute Gasteiger partial charge is 0.487 e. The zero-order valence-electron chi connectivity index (χ0n) is 11.2. The molecule has 106 valence electrons. The van der Waals surface area contributed by atoms with E-state index in [9.17, 15) is 9.59 Å². The fourth-order valence-corrected chi connectivity index (χ4v) is 2.17. The summed E-state index contributed by atoms with van der Waals surface area (Å²) in [6.07, 6.45) is -0.391. The summed E-state index contributed by atoms with van der Waals surface area (Å²) in [7, 11) is 0. The third-order valence-corrected chi connectivity index (χ3v) is 3.00. The molecule has 1 aliphatic heterocycles. The molecule has 5 heteroatoms. The van der Waals surface area contributed by atoms with E-state index in [1.807, 2.05) is 30.3 Å². The number of esters is 1. The van der Waals surface area contributed by atoms with E-state index in [-0.39, 0.29) is 18.6 Å². The second-order valence-corrected chi connectivity index (χ2v) is 4.37. The second-order valence-electron chi connectivity index (χ2n) is 4.37. The van der Waals surface area contributed by atoms with Crippen molar-refractivity contribution < 1.29 is 24.2 Å². The molecule has 0 amide bonds. The van der Waals surface area contributed by atoms with Crippen LogP contribution in [0.15, 0.2) is 36.1 Å². The highest BCUT2D eigenvalue weighted by Crippen LogP contribution is 2.34. The van der Waals surface area contributed by atoms with E-state index in [0.29, 0.717) is 12.2 Å². The zero-order chi connectivity index (χ0) is 14.5. The summed E-state index contributed by atoms with van der Waals surface area (Å²) in [5.41, 5.74) is 1.45. The normalized spacial score (nSPS) is 18.1. The van der Waals surface area contributed by atoms with Gasteiger partial charge in [0.2, 0.25) is 5.76 Å². The molecule has 2 rings (SSSR count). The Bertz CT molecular complexity index is 532. The Kier molecular flexibility index (Phi) is 4.40. The molecule has 1 unspecified atom stereocenters. The summed E-state index contributed by atoms with van der Waals surface area (Å²) in [5.74, 6) is -1.26. The maximum Gasteiger partial charge on any atom is 0.374 e. The smallest absolute Gasteiger partial charge is 0.374 e. The summed E-state index contributed by atoms with van der Waals surface area (Å²) in [5, 5.41) is 8.78. The van der Waals surface area contributed by atoms with Gasteiger partial charge in [0.25, 0.3) is 0 Å². The number of carbonyl (C=O) groups excluding carboxylic acids is 1. The van der Waals surface area contributed by atoms with Crippen LogP contribution in [0.2, 0.25) is 0 Å². The average Bonchev–Trinajstić information content (AvgIpc) is 2.75. The minimum atomic E-state index is -0.918. The van der Waals surface area contributed by atoms with Gasteiger partial charge in [-0.2, -0.15) is 0 Å². The Morgan fingerprint density at radius 1 is 1.35 bits per heavy atom. The molecule has 1 aromatic rings. The van der Waals surface area contributed by atoms with Crippen molar-refractivity contribution in [3.63, 3.8) is 0 Å². The van der Waals surface area contributed by atoms with E-state index in [4.69, 9.17) is 14.6 Å². The lowest BCUT2D eigenvalue weighted by atomic mass is 9.97. The Hall–Kier alpha value is -2.30. The molecular formula is C15H16O5. The number of ether oxygens (including phenoxy) is 2. The van der Waals surface area contributed by atoms with Gasteiger partial charge in [0.15, 0.2) is 0 Å². The first kappa shape index (κ1) is 14.1. The highest BCUT2D eigenvalue weighted by Gasteiger charge is 2.36. The summed E-state index contributed by atoms with van der Waals surface area (Å²) in [4.78, 5) is 22.6. The SMILES string of the molecule is CCOC1=C(c2ccccc2)C(CCC(=O)O)OC1=O. The van der Waals surface area contributed by atoms with Crippen molar-refractivity contribution in [2.45, 2.75) is 25.9 Å².